The molecule has 1 N–H and O–H groups in total. The zero-order valence-electron chi connectivity index (χ0n) is 15.5. The molecule has 29 heavy (non-hydrogen) atoms. The van der Waals surface area contributed by atoms with E-state index in [1.54, 1.807) is 6.20 Å². The largest absolute Gasteiger partial charge is 0.397 e. The van der Waals surface area contributed by atoms with Crippen LogP contribution in [0.2, 0.25) is 0 Å². The Bertz CT molecular complexity index is 1050. The Labute approximate surface area is 164 Å². The lowest BCUT2D eigenvalue weighted by atomic mass is 10.2. The number of aromatic nitrogens is 3. The Balaban J connectivity index is 1.56. The van der Waals surface area contributed by atoms with Gasteiger partial charge in [-0.1, -0.05) is 0 Å². The van der Waals surface area contributed by atoms with Gasteiger partial charge >= 0.3 is 16.4 Å². The number of fused-ring (bicyclic) bond motifs is 1. The molecule has 1 saturated carbocycles. The van der Waals surface area contributed by atoms with Crippen LogP contribution in [0.15, 0.2) is 18.6 Å². The maximum Gasteiger partial charge on any atom is 0.397 e. The minimum absolute atomic E-state index is 0.0435. The van der Waals surface area contributed by atoms with E-state index >= 15 is 0 Å². The minimum Gasteiger partial charge on any atom is -0.353 e. The molecule has 13 heteroatoms. The molecule has 0 bridgehead atoms. The SMILES string of the molecule is CN(C(=O)CC(F)(F)F)S(=O)(=O)N1CCN(c2ncnc3[nH]ccc23)CC12CC2. The van der Waals surface area contributed by atoms with Crippen LogP contribution in [0.1, 0.15) is 19.3 Å². The summed E-state index contributed by atoms with van der Waals surface area (Å²) in [5.74, 6) is -0.832. The van der Waals surface area contributed by atoms with Gasteiger partial charge in [-0.15, -0.1) is 0 Å². The third-order valence-electron chi connectivity index (χ3n) is 5.37. The van der Waals surface area contributed by atoms with E-state index < -0.39 is 34.3 Å². The smallest absolute Gasteiger partial charge is 0.353 e. The molecule has 1 amide bonds. The van der Waals surface area contributed by atoms with E-state index in [0.717, 1.165) is 12.4 Å². The number of amides is 1. The monoisotopic (exact) mass is 432 g/mol. The fourth-order valence-corrected chi connectivity index (χ4v) is 5.38. The molecular formula is C16H19F3N6O3S. The molecule has 2 aromatic rings. The zero-order valence-corrected chi connectivity index (χ0v) is 16.3. The van der Waals surface area contributed by atoms with Gasteiger partial charge in [0.05, 0.1) is 10.9 Å². The Morgan fingerprint density at radius 2 is 2.03 bits per heavy atom. The van der Waals surface area contributed by atoms with Crippen LogP contribution in [-0.2, 0) is 15.0 Å². The van der Waals surface area contributed by atoms with Crippen molar-refractivity contribution in [3.63, 3.8) is 0 Å². The van der Waals surface area contributed by atoms with Crippen molar-refractivity contribution in [3.05, 3.63) is 18.6 Å². The lowest BCUT2D eigenvalue weighted by Crippen LogP contribution is -2.60. The molecule has 2 aromatic heterocycles. The molecule has 1 aliphatic carbocycles. The van der Waals surface area contributed by atoms with Crippen LogP contribution in [-0.4, -0.2) is 76.3 Å². The average Bonchev–Trinajstić information content (AvgIpc) is 3.21. The Hall–Kier alpha value is -2.41. The maximum absolute atomic E-state index is 12.9. The third kappa shape index (κ3) is 3.52. The molecule has 0 unspecified atom stereocenters. The van der Waals surface area contributed by atoms with E-state index in [-0.39, 0.29) is 10.8 Å². The Morgan fingerprint density at radius 1 is 1.31 bits per heavy atom. The number of alkyl halides is 3. The molecule has 0 aromatic carbocycles. The minimum atomic E-state index is -4.77. The molecule has 4 rings (SSSR count). The molecule has 0 radical (unpaired) electrons. The van der Waals surface area contributed by atoms with E-state index in [2.05, 4.69) is 15.0 Å². The van der Waals surface area contributed by atoms with Crippen molar-refractivity contribution in [2.45, 2.75) is 31.0 Å². The second-order valence-corrected chi connectivity index (χ2v) is 9.20. The van der Waals surface area contributed by atoms with Gasteiger partial charge in [-0.05, 0) is 18.9 Å². The molecule has 1 aliphatic heterocycles. The topological polar surface area (TPSA) is 102 Å². The number of nitrogens with zero attached hydrogens (tertiary/aromatic N) is 5. The van der Waals surface area contributed by atoms with Gasteiger partial charge in [-0.2, -0.15) is 25.9 Å². The summed E-state index contributed by atoms with van der Waals surface area (Å²) in [5, 5.41) is 0.803. The van der Waals surface area contributed by atoms with E-state index in [9.17, 15) is 26.4 Å². The first-order valence-corrected chi connectivity index (χ1v) is 10.3. The van der Waals surface area contributed by atoms with Crippen LogP contribution in [0.5, 0.6) is 0 Å². The van der Waals surface area contributed by atoms with Crippen LogP contribution >= 0.6 is 0 Å². The second-order valence-electron chi connectivity index (χ2n) is 7.32. The summed E-state index contributed by atoms with van der Waals surface area (Å²) in [6, 6.07) is 1.83. The maximum atomic E-state index is 12.9. The Morgan fingerprint density at radius 3 is 2.69 bits per heavy atom. The van der Waals surface area contributed by atoms with Crippen molar-refractivity contribution < 1.29 is 26.4 Å². The van der Waals surface area contributed by atoms with Crippen molar-refractivity contribution in [2.24, 2.45) is 0 Å². The van der Waals surface area contributed by atoms with Gasteiger partial charge in [0.2, 0.25) is 5.91 Å². The van der Waals surface area contributed by atoms with Crippen LogP contribution in [0.25, 0.3) is 11.0 Å². The summed E-state index contributed by atoms with van der Waals surface area (Å²) < 4.78 is 64.7. The van der Waals surface area contributed by atoms with E-state index in [1.165, 1.54) is 10.6 Å². The van der Waals surface area contributed by atoms with Crippen molar-refractivity contribution >= 4 is 33.0 Å². The number of aromatic amines is 1. The van der Waals surface area contributed by atoms with E-state index in [0.29, 0.717) is 37.4 Å². The van der Waals surface area contributed by atoms with Gasteiger partial charge in [-0.3, -0.25) is 4.79 Å². The number of nitrogens with one attached hydrogen (secondary N) is 1. The molecule has 2 aliphatic rings. The molecule has 1 spiro atoms. The van der Waals surface area contributed by atoms with Crippen molar-refractivity contribution in [2.75, 3.05) is 31.6 Å². The number of H-pyrrole nitrogens is 1. The molecular weight excluding hydrogens is 413 g/mol. The number of anilines is 1. The van der Waals surface area contributed by atoms with Crippen LogP contribution in [0.3, 0.4) is 0 Å². The predicted octanol–water partition coefficient (Wildman–Crippen LogP) is 1.27. The summed E-state index contributed by atoms with van der Waals surface area (Å²) in [7, 11) is -3.49. The highest BCUT2D eigenvalue weighted by Crippen LogP contribution is 2.47. The first kappa shape index (κ1) is 19.9. The highest BCUT2D eigenvalue weighted by molar-refractivity contribution is 7.87. The summed E-state index contributed by atoms with van der Waals surface area (Å²) >= 11 is 0. The van der Waals surface area contributed by atoms with Crippen molar-refractivity contribution in [1.29, 1.82) is 0 Å². The normalized spacial score (nSPS) is 19.7. The zero-order chi connectivity index (χ0) is 21.0. The van der Waals surface area contributed by atoms with Crippen LogP contribution < -0.4 is 4.90 Å². The van der Waals surface area contributed by atoms with Crippen molar-refractivity contribution in [3.8, 4) is 0 Å². The van der Waals surface area contributed by atoms with E-state index in [1.807, 2.05) is 11.0 Å². The Kier molecular flexibility index (Phi) is 4.49. The van der Waals surface area contributed by atoms with Crippen LogP contribution in [0, 0.1) is 0 Å². The first-order chi connectivity index (χ1) is 13.5. The summed E-state index contributed by atoms with van der Waals surface area (Å²) in [5.41, 5.74) is -0.0929. The fraction of sp³-hybridized carbons (Fsp3) is 0.562. The molecule has 0 atom stereocenters. The quantitative estimate of drug-likeness (QED) is 0.781. The third-order valence-corrected chi connectivity index (χ3v) is 7.40. The summed E-state index contributed by atoms with van der Waals surface area (Å²) in [6.07, 6.45) is -2.32. The fourth-order valence-electron chi connectivity index (χ4n) is 3.72. The highest BCUT2D eigenvalue weighted by Gasteiger charge is 2.57. The van der Waals surface area contributed by atoms with Crippen molar-refractivity contribution in [1.82, 2.24) is 23.6 Å². The summed E-state index contributed by atoms with van der Waals surface area (Å²) in [4.78, 5) is 25.3. The molecule has 9 nitrogen and oxygen atoms in total. The molecule has 158 valence electrons. The number of halogens is 3. The second kappa shape index (κ2) is 6.55. The average molecular weight is 432 g/mol. The molecule has 3 heterocycles. The highest BCUT2D eigenvalue weighted by atomic mass is 32.2. The van der Waals surface area contributed by atoms with Crippen LogP contribution in [0.4, 0.5) is 19.0 Å². The number of hydrogen-bond acceptors (Lipinski definition) is 6. The van der Waals surface area contributed by atoms with E-state index in [4.69, 9.17) is 0 Å². The number of hydrogen-bond donors (Lipinski definition) is 1. The van der Waals surface area contributed by atoms with Gasteiger partial charge in [0.1, 0.15) is 24.2 Å². The van der Waals surface area contributed by atoms with Gasteiger partial charge in [0.25, 0.3) is 0 Å². The summed E-state index contributed by atoms with van der Waals surface area (Å²) in [6.45, 7) is 0.673. The van der Waals surface area contributed by atoms with Gasteiger partial charge in [-0.25, -0.2) is 14.3 Å². The van der Waals surface area contributed by atoms with Gasteiger partial charge in [0.15, 0.2) is 0 Å². The van der Waals surface area contributed by atoms with Gasteiger partial charge in [0, 0.05) is 32.9 Å². The predicted molar refractivity (Wildman–Crippen MR) is 97.1 cm³/mol. The molecule has 2 fully saturated rings. The molecule has 1 saturated heterocycles. The number of carbonyl (C=O) groups is 1. The first-order valence-electron chi connectivity index (χ1n) is 8.93. The van der Waals surface area contributed by atoms with Gasteiger partial charge < -0.3 is 9.88 Å². The lowest BCUT2D eigenvalue weighted by Gasteiger charge is -2.42. The number of carbonyl (C=O) groups excluding carboxylic acids is 1. The number of rotatable bonds is 4. The standard InChI is InChI=1S/C16H19F3N6O3S/c1-23(12(26)8-16(17,18)19)29(27,28)25-7-6-24(9-15(25)3-4-15)14-11-2-5-20-13(11)21-10-22-14/h2,5,10H,3-4,6-9H2,1H3,(H,20,21,22). The number of piperazine rings is 1. The lowest BCUT2D eigenvalue weighted by molar-refractivity contribution is -0.157.